The molecule has 0 bridgehead atoms. The van der Waals surface area contributed by atoms with Crippen LogP contribution in [0.1, 0.15) is 26.2 Å². The Morgan fingerprint density at radius 1 is 1.67 bits per heavy atom. The van der Waals surface area contributed by atoms with E-state index in [4.69, 9.17) is 10.8 Å². The number of rotatable bonds is 7. The van der Waals surface area contributed by atoms with E-state index < -0.39 is 5.97 Å². The van der Waals surface area contributed by atoms with Gasteiger partial charge < -0.3 is 10.8 Å². The van der Waals surface area contributed by atoms with E-state index in [1.807, 2.05) is 0 Å². The third kappa shape index (κ3) is 5.43. The molecule has 1 atom stereocenters. The summed E-state index contributed by atoms with van der Waals surface area (Å²) in [5, 5.41) is 8.42. The van der Waals surface area contributed by atoms with Crippen LogP contribution < -0.4 is 5.73 Å². The largest absolute Gasteiger partial charge is 0.480 e. The Kier molecular flexibility index (Phi) is 7.29. The van der Waals surface area contributed by atoms with Crippen molar-refractivity contribution < 1.29 is 9.90 Å². The Morgan fingerprint density at radius 2 is 2.33 bits per heavy atom. The maximum absolute atomic E-state index is 10.6. The van der Waals surface area contributed by atoms with Crippen LogP contribution in [0.2, 0.25) is 0 Å². The van der Waals surface area contributed by atoms with Gasteiger partial charge >= 0.3 is 5.97 Å². The standard InChI is InChI=1S/C8H17NO2S/c1-2-3-6-12-7(4-5-9)8(10)11/h7H,2-6,9H2,1H3,(H,10,11). The first-order chi connectivity index (χ1) is 5.72. The second-order valence-electron chi connectivity index (χ2n) is 2.63. The minimum atomic E-state index is -0.735. The first-order valence-electron chi connectivity index (χ1n) is 4.26. The molecule has 1 unspecified atom stereocenters. The summed E-state index contributed by atoms with van der Waals surface area (Å²) in [5.41, 5.74) is 5.29. The molecule has 0 rings (SSSR count). The zero-order valence-corrected chi connectivity index (χ0v) is 8.27. The average molecular weight is 191 g/mol. The quantitative estimate of drug-likeness (QED) is 0.596. The van der Waals surface area contributed by atoms with Crippen molar-refractivity contribution in [1.29, 1.82) is 0 Å². The lowest BCUT2D eigenvalue weighted by atomic mass is 10.3. The Balaban J connectivity index is 3.56. The molecule has 3 nitrogen and oxygen atoms in total. The van der Waals surface area contributed by atoms with Crippen molar-refractivity contribution in [2.45, 2.75) is 31.4 Å². The van der Waals surface area contributed by atoms with E-state index in [9.17, 15) is 4.79 Å². The number of hydrogen-bond donors (Lipinski definition) is 2. The van der Waals surface area contributed by atoms with Crippen LogP contribution in [0.25, 0.3) is 0 Å². The fraction of sp³-hybridized carbons (Fsp3) is 0.875. The number of aliphatic carboxylic acids is 1. The maximum atomic E-state index is 10.6. The highest BCUT2D eigenvalue weighted by atomic mass is 32.2. The third-order valence-electron chi connectivity index (χ3n) is 1.52. The number of carbonyl (C=O) groups is 1. The van der Waals surface area contributed by atoms with Gasteiger partial charge in [-0.2, -0.15) is 0 Å². The fourth-order valence-corrected chi connectivity index (χ4v) is 1.98. The minimum Gasteiger partial charge on any atom is -0.480 e. The molecule has 0 heterocycles. The number of unbranched alkanes of at least 4 members (excludes halogenated alkanes) is 1. The molecule has 0 radical (unpaired) electrons. The van der Waals surface area contributed by atoms with Gasteiger partial charge in [0.25, 0.3) is 0 Å². The topological polar surface area (TPSA) is 63.3 Å². The zero-order chi connectivity index (χ0) is 9.40. The smallest absolute Gasteiger partial charge is 0.316 e. The third-order valence-corrected chi connectivity index (χ3v) is 2.89. The first kappa shape index (κ1) is 11.8. The van der Waals surface area contributed by atoms with E-state index >= 15 is 0 Å². The molecular weight excluding hydrogens is 174 g/mol. The first-order valence-corrected chi connectivity index (χ1v) is 5.31. The molecule has 0 aliphatic rings. The van der Waals surface area contributed by atoms with Gasteiger partial charge in [0, 0.05) is 0 Å². The molecule has 0 spiro atoms. The highest BCUT2D eigenvalue weighted by molar-refractivity contribution is 8.00. The highest BCUT2D eigenvalue weighted by Gasteiger charge is 2.15. The molecule has 0 aromatic heterocycles. The Morgan fingerprint density at radius 3 is 2.75 bits per heavy atom. The second kappa shape index (κ2) is 7.43. The summed E-state index contributed by atoms with van der Waals surface area (Å²) in [6.45, 7) is 2.55. The highest BCUT2D eigenvalue weighted by Crippen LogP contribution is 2.15. The molecule has 0 aliphatic carbocycles. The number of thioether (sulfide) groups is 1. The predicted molar refractivity (Wildman–Crippen MR) is 52.5 cm³/mol. The van der Waals surface area contributed by atoms with Gasteiger partial charge in [0.05, 0.1) is 0 Å². The van der Waals surface area contributed by atoms with Gasteiger partial charge in [-0.25, -0.2) is 0 Å². The SMILES string of the molecule is CCCCSC(CCN)C(=O)O. The van der Waals surface area contributed by atoms with Gasteiger partial charge in [-0.15, -0.1) is 11.8 Å². The number of nitrogens with two attached hydrogens (primary N) is 1. The molecule has 0 aliphatic heterocycles. The second-order valence-corrected chi connectivity index (χ2v) is 3.94. The molecule has 0 amide bonds. The van der Waals surface area contributed by atoms with Gasteiger partial charge in [0.2, 0.25) is 0 Å². The molecule has 0 saturated carbocycles. The molecular formula is C8H17NO2S. The van der Waals surface area contributed by atoms with Gasteiger partial charge in [0.1, 0.15) is 5.25 Å². The summed E-state index contributed by atoms with van der Waals surface area (Å²) < 4.78 is 0. The predicted octanol–water partition coefficient (Wildman–Crippen LogP) is 1.32. The monoisotopic (exact) mass is 191 g/mol. The summed E-state index contributed by atoms with van der Waals surface area (Å²) in [4.78, 5) is 10.6. The maximum Gasteiger partial charge on any atom is 0.316 e. The van der Waals surface area contributed by atoms with Crippen LogP contribution in [0.15, 0.2) is 0 Å². The summed E-state index contributed by atoms with van der Waals surface area (Å²) in [6.07, 6.45) is 2.77. The molecule has 3 N–H and O–H groups in total. The Bertz CT molecular complexity index is 130. The molecule has 0 fully saturated rings. The van der Waals surface area contributed by atoms with E-state index in [0.29, 0.717) is 13.0 Å². The number of carboxylic acid groups (broad SMARTS) is 1. The Labute approximate surface area is 77.7 Å². The average Bonchev–Trinajstić information content (AvgIpc) is 2.03. The summed E-state index contributed by atoms with van der Waals surface area (Å²) in [7, 11) is 0. The van der Waals surface area contributed by atoms with Crippen molar-refractivity contribution in [1.82, 2.24) is 0 Å². The number of hydrogen-bond acceptors (Lipinski definition) is 3. The van der Waals surface area contributed by atoms with E-state index in [0.717, 1.165) is 18.6 Å². The summed E-state index contributed by atoms with van der Waals surface area (Å²) in [5.74, 6) is 0.189. The molecule has 72 valence electrons. The molecule has 0 aromatic rings. The lowest BCUT2D eigenvalue weighted by Crippen LogP contribution is -2.20. The lowest BCUT2D eigenvalue weighted by Gasteiger charge is -2.09. The van der Waals surface area contributed by atoms with Gasteiger partial charge in [-0.3, -0.25) is 4.79 Å². The van der Waals surface area contributed by atoms with Gasteiger partial charge in [0.15, 0.2) is 0 Å². The van der Waals surface area contributed by atoms with Crippen LogP contribution in [0.3, 0.4) is 0 Å². The van der Waals surface area contributed by atoms with E-state index in [1.54, 1.807) is 0 Å². The van der Waals surface area contributed by atoms with Crippen molar-refractivity contribution in [3.63, 3.8) is 0 Å². The minimum absolute atomic E-state index is 0.304. The molecule has 4 heteroatoms. The summed E-state index contributed by atoms with van der Waals surface area (Å²) in [6, 6.07) is 0. The van der Waals surface area contributed by atoms with Crippen LogP contribution in [0.4, 0.5) is 0 Å². The van der Waals surface area contributed by atoms with Crippen molar-refractivity contribution in [3.8, 4) is 0 Å². The van der Waals surface area contributed by atoms with Crippen molar-refractivity contribution in [3.05, 3.63) is 0 Å². The van der Waals surface area contributed by atoms with Crippen LogP contribution in [-0.4, -0.2) is 28.6 Å². The van der Waals surface area contributed by atoms with Crippen LogP contribution in [0, 0.1) is 0 Å². The van der Waals surface area contributed by atoms with Crippen molar-refractivity contribution in [2.75, 3.05) is 12.3 Å². The fourth-order valence-electron chi connectivity index (χ4n) is 0.799. The molecule has 0 aromatic carbocycles. The van der Waals surface area contributed by atoms with E-state index in [1.165, 1.54) is 11.8 Å². The van der Waals surface area contributed by atoms with E-state index in [2.05, 4.69) is 6.92 Å². The van der Waals surface area contributed by atoms with Crippen molar-refractivity contribution >= 4 is 17.7 Å². The summed E-state index contributed by atoms with van der Waals surface area (Å²) >= 11 is 1.50. The molecule has 0 saturated heterocycles. The Hall–Kier alpha value is -0.220. The van der Waals surface area contributed by atoms with Gasteiger partial charge in [-0.05, 0) is 25.1 Å². The zero-order valence-electron chi connectivity index (χ0n) is 7.45. The van der Waals surface area contributed by atoms with Crippen molar-refractivity contribution in [2.24, 2.45) is 5.73 Å². The van der Waals surface area contributed by atoms with Crippen LogP contribution in [0.5, 0.6) is 0 Å². The van der Waals surface area contributed by atoms with Gasteiger partial charge in [-0.1, -0.05) is 13.3 Å². The molecule has 12 heavy (non-hydrogen) atoms. The number of carboxylic acids is 1. The van der Waals surface area contributed by atoms with E-state index in [-0.39, 0.29) is 5.25 Å². The van der Waals surface area contributed by atoms with Crippen LogP contribution in [-0.2, 0) is 4.79 Å². The normalized spacial score (nSPS) is 12.8. The van der Waals surface area contributed by atoms with Crippen LogP contribution >= 0.6 is 11.8 Å². The lowest BCUT2D eigenvalue weighted by molar-refractivity contribution is -0.136.